The smallest absolute Gasteiger partial charge is 0.305 e. The second kappa shape index (κ2) is 10.9. The minimum Gasteiger partial charge on any atom is -0.469 e. The van der Waals surface area contributed by atoms with Gasteiger partial charge in [-0.15, -0.1) is 0 Å². The van der Waals surface area contributed by atoms with Gasteiger partial charge in [-0.1, -0.05) is 30.3 Å². The van der Waals surface area contributed by atoms with Gasteiger partial charge in [0.15, 0.2) is 0 Å². The van der Waals surface area contributed by atoms with E-state index in [9.17, 15) is 9.59 Å². The van der Waals surface area contributed by atoms with Gasteiger partial charge in [0.25, 0.3) is 0 Å². The highest BCUT2D eigenvalue weighted by molar-refractivity contribution is 5.90. The Kier molecular flexibility index (Phi) is 8.15. The number of methoxy groups -OCH3 is 1. The highest BCUT2D eigenvalue weighted by Crippen LogP contribution is 2.14. The summed E-state index contributed by atoms with van der Waals surface area (Å²) in [5, 5.41) is 2.85. The van der Waals surface area contributed by atoms with E-state index >= 15 is 0 Å². The first-order valence-corrected chi connectivity index (χ1v) is 8.67. The van der Waals surface area contributed by atoms with Crippen LogP contribution in [0.1, 0.15) is 31.2 Å². The Hall–Kier alpha value is -2.86. The van der Waals surface area contributed by atoms with Crippen LogP contribution in [-0.4, -0.2) is 19.0 Å². The number of hydrazine groups is 1. The molecule has 0 aliphatic rings. The molecule has 1 amide bonds. The molecule has 0 saturated carbocycles. The highest BCUT2D eigenvalue weighted by atomic mass is 16.5. The Morgan fingerprint density at radius 3 is 2.23 bits per heavy atom. The maximum atomic E-state index is 11.9. The van der Waals surface area contributed by atoms with Gasteiger partial charge in [0.1, 0.15) is 0 Å². The molecule has 0 heterocycles. The van der Waals surface area contributed by atoms with Gasteiger partial charge in [0.05, 0.1) is 7.11 Å². The summed E-state index contributed by atoms with van der Waals surface area (Å²) in [4.78, 5) is 22.9. The molecule has 26 heavy (non-hydrogen) atoms. The van der Waals surface area contributed by atoms with Gasteiger partial charge in [-0.2, -0.15) is 0 Å². The molecule has 3 N–H and O–H groups in total. The van der Waals surface area contributed by atoms with Gasteiger partial charge >= 0.3 is 5.97 Å². The van der Waals surface area contributed by atoms with E-state index < -0.39 is 0 Å². The highest BCUT2D eigenvalue weighted by Gasteiger charge is 2.04. The lowest BCUT2D eigenvalue weighted by Gasteiger charge is -2.10. The molecule has 0 saturated heterocycles. The Morgan fingerprint density at radius 2 is 1.54 bits per heavy atom. The topological polar surface area (TPSA) is 79.5 Å². The molecule has 0 bridgehead atoms. The fourth-order valence-corrected chi connectivity index (χ4v) is 2.36. The molecule has 2 aromatic rings. The summed E-state index contributed by atoms with van der Waals surface area (Å²) in [6.07, 6.45) is 2.04. The minimum absolute atomic E-state index is 0.0576. The van der Waals surface area contributed by atoms with E-state index in [0.717, 1.165) is 11.4 Å². The average Bonchev–Trinajstić information content (AvgIpc) is 2.67. The molecule has 0 atom stereocenters. The quantitative estimate of drug-likeness (QED) is 0.345. The van der Waals surface area contributed by atoms with Gasteiger partial charge in [0.2, 0.25) is 5.91 Å². The van der Waals surface area contributed by atoms with Gasteiger partial charge in [-0.05, 0) is 42.7 Å². The summed E-state index contributed by atoms with van der Waals surface area (Å²) in [6.45, 7) is 0.713. The zero-order valence-electron chi connectivity index (χ0n) is 15.0. The molecule has 0 unspecified atom stereocenters. The van der Waals surface area contributed by atoms with Crippen LogP contribution < -0.4 is 16.2 Å². The molecule has 2 aromatic carbocycles. The van der Waals surface area contributed by atoms with Crippen molar-refractivity contribution >= 4 is 23.3 Å². The third-order valence-electron chi connectivity index (χ3n) is 3.80. The van der Waals surface area contributed by atoms with Crippen molar-refractivity contribution in [1.29, 1.82) is 0 Å². The first kappa shape index (κ1) is 19.5. The third-order valence-corrected chi connectivity index (χ3v) is 3.80. The fraction of sp³-hybridized carbons (Fsp3) is 0.300. The number of esters is 1. The van der Waals surface area contributed by atoms with Crippen LogP contribution in [0.25, 0.3) is 0 Å². The summed E-state index contributed by atoms with van der Waals surface area (Å²) in [5.41, 5.74) is 9.13. The molecular weight excluding hydrogens is 330 g/mol. The summed E-state index contributed by atoms with van der Waals surface area (Å²) >= 11 is 0. The van der Waals surface area contributed by atoms with Gasteiger partial charge in [0, 0.05) is 30.8 Å². The van der Waals surface area contributed by atoms with Gasteiger partial charge in [-0.3, -0.25) is 9.59 Å². The predicted molar refractivity (Wildman–Crippen MR) is 102 cm³/mol. The lowest BCUT2D eigenvalue weighted by Crippen LogP contribution is -2.20. The lowest BCUT2D eigenvalue weighted by atomic mass is 10.2. The summed E-state index contributed by atoms with van der Waals surface area (Å²) in [5.74, 6) is -0.299. The van der Waals surface area contributed by atoms with E-state index in [0.29, 0.717) is 32.2 Å². The minimum atomic E-state index is -0.241. The first-order valence-electron chi connectivity index (χ1n) is 8.67. The second-order valence-corrected chi connectivity index (χ2v) is 5.87. The summed E-state index contributed by atoms with van der Waals surface area (Å²) in [7, 11) is 1.37. The van der Waals surface area contributed by atoms with Crippen molar-refractivity contribution in [2.24, 2.45) is 0 Å². The average molecular weight is 355 g/mol. The van der Waals surface area contributed by atoms with E-state index in [-0.39, 0.29) is 11.9 Å². The van der Waals surface area contributed by atoms with E-state index in [1.165, 1.54) is 12.7 Å². The van der Waals surface area contributed by atoms with Crippen molar-refractivity contribution < 1.29 is 14.3 Å². The maximum absolute atomic E-state index is 11.9. The normalized spacial score (nSPS) is 10.2. The van der Waals surface area contributed by atoms with Crippen LogP contribution in [0.4, 0.5) is 11.4 Å². The number of hydrogen-bond donors (Lipinski definition) is 3. The number of benzene rings is 2. The number of anilines is 2. The molecule has 0 radical (unpaired) electrons. The molecule has 6 nitrogen and oxygen atoms in total. The first-order chi connectivity index (χ1) is 12.7. The van der Waals surface area contributed by atoms with Gasteiger partial charge in [-0.25, -0.2) is 5.43 Å². The Morgan fingerprint density at radius 1 is 0.885 bits per heavy atom. The van der Waals surface area contributed by atoms with E-state index in [4.69, 9.17) is 0 Å². The fourth-order valence-electron chi connectivity index (χ4n) is 2.36. The standard InChI is InChI=1S/C20H25N3O3/c1-26-20(25)10-6-5-9-19(24)22-17-11-13-18(14-12-17)23-21-15-16-7-3-2-4-8-16/h2-4,7-8,11-14,21,23H,5-6,9-10,15H2,1H3,(H,22,24). The van der Waals surface area contributed by atoms with E-state index in [2.05, 4.69) is 33.0 Å². The zero-order chi connectivity index (χ0) is 18.6. The summed E-state index contributed by atoms with van der Waals surface area (Å²) < 4.78 is 4.57. The molecule has 2 rings (SSSR count). The van der Waals surface area contributed by atoms with Crippen LogP contribution in [0.3, 0.4) is 0 Å². The van der Waals surface area contributed by atoms with Crippen LogP contribution in [0.2, 0.25) is 0 Å². The van der Waals surface area contributed by atoms with Crippen LogP contribution in [0.15, 0.2) is 54.6 Å². The van der Waals surface area contributed by atoms with Crippen LogP contribution in [-0.2, 0) is 20.9 Å². The monoisotopic (exact) mass is 355 g/mol. The van der Waals surface area contributed by atoms with Crippen LogP contribution in [0, 0.1) is 0 Å². The van der Waals surface area contributed by atoms with Crippen molar-refractivity contribution in [1.82, 2.24) is 5.43 Å². The zero-order valence-corrected chi connectivity index (χ0v) is 15.0. The molecule has 0 aliphatic heterocycles. The Bertz CT molecular complexity index is 687. The lowest BCUT2D eigenvalue weighted by molar-refractivity contribution is -0.140. The number of hydrogen-bond acceptors (Lipinski definition) is 5. The Labute approximate surface area is 153 Å². The van der Waals surface area contributed by atoms with Crippen molar-refractivity contribution in [3.05, 3.63) is 60.2 Å². The van der Waals surface area contributed by atoms with Crippen LogP contribution >= 0.6 is 0 Å². The van der Waals surface area contributed by atoms with Crippen LogP contribution in [0.5, 0.6) is 0 Å². The third kappa shape index (κ3) is 7.36. The maximum Gasteiger partial charge on any atom is 0.305 e. The number of carbonyl (C=O) groups excluding carboxylic acids is 2. The molecule has 0 fully saturated rings. The molecular formula is C20H25N3O3. The van der Waals surface area contributed by atoms with E-state index in [1.807, 2.05) is 42.5 Å². The molecule has 0 spiro atoms. The Balaban J connectivity index is 1.66. The number of carbonyl (C=O) groups is 2. The van der Waals surface area contributed by atoms with Crippen molar-refractivity contribution in [2.75, 3.05) is 17.9 Å². The number of ether oxygens (including phenoxy) is 1. The van der Waals surface area contributed by atoms with Crippen molar-refractivity contribution in [2.45, 2.75) is 32.2 Å². The number of rotatable bonds is 10. The second-order valence-electron chi connectivity index (χ2n) is 5.87. The molecule has 6 heteroatoms. The summed E-state index contributed by atoms with van der Waals surface area (Å²) in [6, 6.07) is 17.6. The number of unbranched alkanes of at least 4 members (excludes halogenated alkanes) is 1. The predicted octanol–water partition coefficient (Wildman–Crippen LogP) is 3.48. The SMILES string of the molecule is COC(=O)CCCCC(=O)Nc1ccc(NNCc2ccccc2)cc1. The molecule has 0 aromatic heterocycles. The van der Waals surface area contributed by atoms with Crippen molar-refractivity contribution in [3.63, 3.8) is 0 Å². The number of nitrogens with one attached hydrogen (secondary N) is 3. The van der Waals surface area contributed by atoms with Gasteiger partial charge < -0.3 is 15.5 Å². The largest absolute Gasteiger partial charge is 0.469 e. The molecule has 0 aliphatic carbocycles. The number of amides is 1. The van der Waals surface area contributed by atoms with Crippen molar-refractivity contribution in [3.8, 4) is 0 Å². The van der Waals surface area contributed by atoms with E-state index in [1.54, 1.807) is 0 Å². The molecule has 138 valence electrons.